The zero-order valence-corrected chi connectivity index (χ0v) is 19.7. The molecule has 0 spiro atoms. The summed E-state index contributed by atoms with van der Waals surface area (Å²) in [6.45, 7) is 2.12. The van der Waals surface area contributed by atoms with Crippen LogP contribution in [0.2, 0.25) is 0 Å². The topological polar surface area (TPSA) is 118 Å². The largest absolute Gasteiger partial charge is 0.475 e. The van der Waals surface area contributed by atoms with E-state index in [2.05, 4.69) is 25.3 Å². The fourth-order valence-electron chi connectivity index (χ4n) is 3.88. The standard InChI is InChI=1S/C24H25F3N6O3/c1-14(16-4-3-5-16)30-12-18-19(31-20(28-2)23(34)35)32-21(22-29-10-11-36-22)33(18)13-15-6-8-17(9-7-15)24(25,26)27/h6-12,14,16H,3-5,13H2,1-2H3,(H,28,31)(H,34,35)/t14-/m1/s1. The van der Waals surface area contributed by atoms with E-state index in [1.807, 2.05) is 6.92 Å². The van der Waals surface area contributed by atoms with Crippen LogP contribution in [0.3, 0.4) is 0 Å². The van der Waals surface area contributed by atoms with Gasteiger partial charge in [0.1, 0.15) is 12.0 Å². The number of carboxylic acid groups (broad SMARTS) is 1. The van der Waals surface area contributed by atoms with Crippen molar-refractivity contribution >= 4 is 23.8 Å². The Bertz CT molecular complexity index is 1260. The number of aromatic nitrogens is 3. The van der Waals surface area contributed by atoms with Crippen LogP contribution in [0.15, 0.2) is 51.1 Å². The second-order valence-electron chi connectivity index (χ2n) is 8.50. The molecular weight excluding hydrogens is 477 g/mol. The lowest BCUT2D eigenvalue weighted by molar-refractivity contribution is -0.137. The number of nitrogens with zero attached hydrogens (tertiary/aromatic N) is 5. The summed E-state index contributed by atoms with van der Waals surface area (Å²) in [6, 6.07) is 4.81. The lowest BCUT2D eigenvalue weighted by Crippen LogP contribution is -2.24. The first kappa shape index (κ1) is 25.1. The molecule has 9 nitrogen and oxygen atoms in total. The number of carboxylic acids is 1. The van der Waals surface area contributed by atoms with Gasteiger partial charge in [-0.1, -0.05) is 18.6 Å². The minimum atomic E-state index is -4.45. The Kier molecular flexibility index (Phi) is 7.22. The van der Waals surface area contributed by atoms with Crippen LogP contribution in [-0.2, 0) is 17.5 Å². The molecule has 1 saturated carbocycles. The number of alkyl halides is 3. The first-order chi connectivity index (χ1) is 17.2. The Labute approximate surface area is 204 Å². The van der Waals surface area contributed by atoms with Gasteiger partial charge in [0.05, 0.1) is 17.8 Å². The minimum Gasteiger partial charge on any atom is -0.475 e. The number of oxazole rings is 1. The van der Waals surface area contributed by atoms with Gasteiger partial charge in [-0.3, -0.25) is 9.98 Å². The van der Waals surface area contributed by atoms with E-state index < -0.39 is 17.7 Å². The number of hydrogen-bond acceptors (Lipinski definition) is 6. The van der Waals surface area contributed by atoms with Crippen LogP contribution in [0.5, 0.6) is 0 Å². The second kappa shape index (κ2) is 10.3. The highest BCUT2D eigenvalue weighted by Gasteiger charge is 2.30. The third-order valence-corrected chi connectivity index (χ3v) is 6.18. The molecule has 36 heavy (non-hydrogen) atoms. The first-order valence-electron chi connectivity index (χ1n) is 11.3. The summed E-state index contributed by atoms with van der Waals surface area (Å²) in [7, 11) is 1.33. The van der Waals surface area contributed by atoms with Gasteiger partial charge in [0.2, 0.25) is 5.84 Å². The molecule has 0 bridgehead atoms. The molecule has 0 radical (unpaired) electrons. The number of carbonyl (C=O) groups is 1. The van der Waals surface area contributed by atoms with Crippen LogP contribution in [0.1, 0.15) is 43.0 Å². The molecule has 1 aromatic carbocycles. The fraction of sp³-hybridized carbons (Fsp3) is 0.375. The Morgan fingerprint density at radius 3 is 2.58 bits per heavy atom. The zero-order chi connectivity index (χ0) is 25.9. The number of imidazole rings is 1. The number of anilines is 1. The van der Waals surface area contributed by atoms with Crippen molar-refractivity contribution in [1.82, 2.24) is 14.5 Å². The van der Waals surface area contributed by atoms with Crippen molar-refractivity contribution < 1.29 is 27.5 Å². The van der Waals surface area contributed by atoms with E-state index in [0.717, 1.165) is 31.4 Å². The molecule has 0 aliphatic heterocycles. The van der Waals surface area contributed by atoms with Gasteiger partial charge in [-0.15, -0.1) is 0 Å². The van der Waals surface area contributed by atoms with Gasteiger partial charge in [0, 0.05) is 19.8 Å². The van der Waals surface area contributed by atoms with Crippen molar-refractivity contribution in [2.45, 2.75) is 44.9 Å². The van der Waals surface area contributed by atoms with E-state index in [1.165, 1.54) is 31.6 Å². The Hall–Kier alpha value is -3.96. The van der Waals surface area contributed by atoms with Crippen LogP contribution in [0, 0.1) is 5.92 Å². The molecule has 3 aromatic rings. The summed E-state index contributed by atoms with van der Waals surface area (Å²) in [5, 5.41) is 12.2. The van der Waals surface area contributed by atoms with Crippen LogP contribution in [-0.4, -0.2) is 50.8 Å². The monoisotopic (exact) mass is 502 g/mol. The van der Waals surface area contributed by atoms with Crippen molar-refractivity contribution in [3.63, 3.8) is 0 Å². The molecule has 1 aliphatic rings. The van der Waals surface area contributed by atoms with Gasteiger partial charge in [0.15, 0.2) is 11.6 Å². The van der Waals surface area contributed by atoms with Crippen molar-refractivity contribution in [1.29, 1.82) is 0 Å². The van der Waals surface area contributed by atoms with Crippen LogP contribution in [0.4, 0.5) is 19.0 Å². The molecule has 2 heterocycles. The lowest BCUT2D eigenvalue weighted by Gasteiger charge is -2.28. The smallest absolute Gasteiger partial charge is 0.416 e. The number of aliphatic imine (C=N–C) groups is 2. The summed E-state index contributed by atoms with van der Waals surface area (Å²) in [5.41, 5.74) is 0.217. The molecule has 12 heteroatoms. The van der Waals surface area contributed by atoms with Crippen molar-refractivity contribution in [3.8, 4) is 11.7 Å². The summed E-state index contributed by atoms with van der Waals surface area (Å²) in [4.78, 5) is 28.7. The molecular formula is C24H25F3N6O3. The molecule has 1 fully saturated rings. The van der Waals surface area contributed by atoms with Crippen LogP contribution >= 0.6 is 0 Å². The van der Waals surface area contributed by atoms with Gasteiger partial charge < -0.3 is 19.4 Å². The molecule has 1 atom stereocenters. The average molecular weight is 502 g/mol. The predicted octanol–water partition coefficient (Wildman–Crippen LogP) is 4.74. The SMILES string of the molecule is CN=C(Nc1nc(-c2ncco2)n(Cc2ccc(C(F)(F)F)cc2)c1C=N[C@H](C)C1CCC1)C(=O)O. The van der Waals surface area contributed by atoms with E-state index in [4.69, 9.17) is 4.42 Å². The minimum absolute atomic E-state index is 0.0324. The molecule has 1 aliphatic carbocycles. The van der Waals surface area contributed by atoms with Crippen molar-refractivity contribution in [3.05, 3.63) is 53.5 Å². The highest BCUT2D eigenvalue weighted by atomic mass is 19.4. The molecule has 4 rings (SSSR count). The molecule has 190 valence electrons. The highest BCUT2D eigenvalue weighted by molar-refractivity contribution is 6.39. The van der Waals surface area contributed by atoms with Crippen molar-refractivity contribution in [2.24, 2.45) is 15.9 Å². The van der Waals surface area contributed by atoms with Gasteiger partial charge in [-0.2, -0.15) is 13.2 Å². The third-order valence-electron chi connectivity index (χ3n) is 6.18. The third kappa shape index (κ3) is 5.47. The average Bonchev–Trinajstić information content (AvgIpc) is 3.43. The van der Waals surface area contributed by atoms with E-state index in [9.17, 15) is 23.1 Å². The Morgan fingerprint density at radius 1 is 1.33 bits per heavy atom. The molecule has 2 N–H and O–H groups in total. The lowest BCUT2D eigenvalue weighted by atomic mass is 9.81. The maximum absolute atomic E-state index is 13.0. The van der Waals surface area contributed by atoms with Gasteiger partial charge >= 0.3 is 12.1 Å². The Balaban J connectivity index is 1.79. The summed E-state index contributed by atoms with van der Waals surface area (Å²) >= 11 is 0. The molecule has 0 amide bonds. The predicted molar refractivity (Wildman–Crippen MR) is 127 cm³/mol. The van der Waals surface area contributed by atoms with E-state index in [-0.39, 0.29) is 36.0 Å². The molecule has 2 aromatic heterocycles. The van der Waals surface area contributed by atoms with E-state index in [1.54, 1.807) is 10.8 Å². The van der Waals surface area contributed by atoms with E-state index in [0.29, 0.717) is 17.2 Å². The second-order valence-corrected chi connectivity index (χ2v) is 8.50. The van der Waals surface area contributed by atoms with E-state index >= 15 is 0 Å². The van der Waals surface area contributed by atoms with Crippen LogP contribution < -0.4 is 5.32 Å². The molecule has 0 saturated heterocycles. The number of amidine groups is 1. The first-order valence-corrected chi connectivity index (χ1v) is 11.3. The van der Waals surface area contributed by atoms with Crippen molar-refractivity contribution in [2.75, 3.05) is 12.4 Å². The Morgan fingerprint density at radius 2 is 2.06 bits per heavy atom. The quantitative estimate of drug-likeness (QED) is 0.356. The van der Waals surface area contributed by atoms with Gasteiger partial charge in [-0.05, 0) is 43.4 Å². The van der Waals surface area contributed by atoms with Gasteiger partial charge in [-0.25, -0.2) is 14.8 Å². The fourth-order valence-corrected chi connectivity index (χ4v) is 3.88. The number of aliphatic carboxylic acids is 1. The number of hydrogen-bond donors (Lipinski definition) is 2. The summed E-state index contributed by atoms with van der Waals surface area (Å²) in [6.07, 6.45) is 3.28. The highest BCUT2D eigenvalue weighted by Crippen LogP contribution is 2.32. The maximum Gasteiger partial charge on any atom is 0.416 e. The number of halogens is 3. The normalized spacial score (nSPS) is 15.8. The zero-order valence-electron chi connectivity index (χ0n) is 19.7. The summed E-state index contributed by atoms with van der Waals surface area (Å²) < 4.78 is 46.2. The maximum atomic E-state index is 13.0. The molecule has 0 unspecified atom stereocenters. The van der Waals surface area contributed by atoms with Crippen LogP contribution in [0.25, 0.3) is 11.7 Å². The summed E-state index contributed by atoms with van der Waals surface area (Å²) in [5.74, 6) is -0.597. The number of rotatable bonds is 7. The number of benzene rings is 1. The van der Waals surface area contributed by atoms with Gasteiger partial charge in [0.25, 0.3) is 5.89 Å². The number of nitrogens with one attached hydrogen (secondary N) is 1.